The van der Waals surface area contributed by atoms with Crippen molar-refractivity contribution in [3.63, 3.8) is 0 Å². The molecule has 0 spiro atoms. The number of carbonyl (C=O) groups excluding carboxylic acids is 1. The first-order chi connectivity index (χ1) is 13.2. The molecule has 6 nitrogen and oxygen atoms in total. The quantitative estimate of drug-likeness (QED) is 0.588. The second-order valence-corrected chi connectivity index (χ2v) is 6.48. The Labute approximate surface area is 157 Å². The topological polar surface area (TPSA) is 64.7 Å². The van der Waals surface area contributed by atoms with Crippen LogP contribution in [0.3, 0.4) is 0 Å². The SMILES string of the molecule is CCn1ncc(C(=O)Nc2cnn(Cc3cccc4ccccc34)c2)c1C. The average Bonchev–Trinajstić information content (AvgIpc) is 3.28. The van der Waals surface area contributed by atoms with E-state index in [1.165, 1.54) is 16.3 Å². The number of nitrogens with one attached hydrogen (secondary N) is 1. The van der Waals surface area contributed by atoms with E-state index in [1.54, 1.807) is 17.1 Å². The molecule has 4 rings (SSSR count). The third-order valence-electron chi connectivity index (χ3n) is 4.75. The molecule has 0 unspecified atom stereocenters. The Kier molecular flexibility index (Phi) is 4.46. The minimum absolute atomic E-state index is 0.170. The molecule has 136 valence electrons. The van der Waals surface area contributed by atoms with Crippen LogP contribution in [0.15, 0.2) is 61.1 Å². The van der Waals surface area contributed by atoms with Gasteiger partial charge in [-0.1, -0.05) is 42.5 Å². The van der Waals surface area contributed by atoms with Crippen LogP contribution in [0.1, 0.15) is 28.5 Å². The number of rotatable bonds is 5. The standard InChI is InChI=1S/C21H21N5O/c1-3-26-15(2)20(12-23-26)21(27)24-18-11-22-25(14-18)13-17-9-6-8-16-7-4-5-10-19(16)17/h4-12,14H,3,13H2,1-2H3,(H,24,27). The summed E-state index contributed by atoms with van der Waals surface area (Å²) >= 11 is 0. The van der Waals surface area contributed by atoms with Gasteiger partial charge in [-0.15, -0.1) is 0 Å². The molecule has 2 heterocycles. The van der Waals surface area contributed by atoms with Gasteiger partial charge in [-0.2, -0.15) is 10.2 Å². The van der Waals surface area contributed by atoms with Crippen molar-refractivity contribution in [2.75, 3.05) is 5.32 Å². The highest BCUT2D eigenvalue weighted by Gasteiger charge is 2.14. The van der Waals surface area contributed by atoms with Gasteiger partial charge >= 0.3 is 0 Å². The maximum atomic E-state index is 12.5. The predicted octanol–water partition coefficient (Wildman–Crippen LogP) is 3.86. The minimum Gasteiger partial charge on any atom is -0.319 e. The molecule has 1 N–H and O–H groups in total. The number of anilines is 1. The van der Waals surface area contributed by atoms with Gasteiger partial charge < -0.3 is 5.32 Å². The summed E-state index contributed by atoms with van der Waals surface area (Å²) in [6.07, 6.45) is 5.12. The summed E-state index contributed by atoms with van der Waals surface area (Å²) in [7, 11) is 0. The van der Waals surface area contributed by atoms with E-state index in [4.69, 9.17) is 0 Å². The number of aromatic nitrogens is 4. The first kappa shape index (κ1) is 17.0. The number of fused-ring (bicyclic) bond motifs is 1. The first-order valence-corrected chi connectivity index (χ1v) is 8.98. The average molecular weight is 359 g/mol. The van der Waals surface area contributed by atoms with Crippen LogP contribution in [0, 0.1) is 6.92 Å². The summed E-state index contributed by atoms with van der Waals surface area (Å²) in [5.74, 6) is -0.170. The molecule has 0 bridgehead atoms. The fourth-order valence-electron chi connectivity index (χ4n) is 3.31. The molecule has 0 atom stereocenters. The number of nitrogens with zero attached hydrogens (tertiary/aromatic N) is 4. The molecule has 0 fully saturated rings. The van der Waals surface area contributed by atoms with Crippen LogP contribution in [0.2, 0.25) is 0 Å². The van der Waals surface area contributed by atoms with Gasteiger partial charge in [0.1, 0.15) is 0 Å². The van der Waals surface area contributed by atoms with Crippen LogP contribution < -0.4 is 5.32 Å². The van der Waals surface area contributed by atoms with Crippen molar-refractivity contribution in [3.05, 3.63) is 77.9 Å². The van der Waals surface area contributed by atoms with Crippen LogP contribution in [-0.2, 0) is 13.1 Å². The van der Waals surface area contributed by atoms with Crippen LogP contribution >= 0.6 is 0 Å². The number of aryl methyl sites for hydroxylation is 1. The minimum atomic E-state index is -0.170. The van der Waals surface area contributed by atoms with E-state index < -0.39 is 0 Å². The molecule has 0 aliphatic carbocycles. The lowest BCUT2D eigenvalue weighted by Gasteiger charge is -2.06. The maximum Gasteiger partial charge on any atom is 0.259 e. The Morgan fingerprint density at radius 1 is 1.07 bits per heavy atom. The molecule has 0 aliphatic heterocycles. The van der Waals surface area contributed by atoms with Crippen molar-refractivity contribution in [1.82, 2.24) is 19.6 Å². The van der Waals surface area contributed by atoms with Crippen LogP contribution in [0.5, 0.6) is 0 Å². The molecule has 0 saturated heterocycles. The second kappa shape index (κ2) is 7.07. The van der Waals surface area contributed by atoms with E-state index in [0.717, 1.165) is 12.2 Å². The van der Waals surface area contributed by atoms with E-state index in [9.17, 15) is 4.79 Å². The van der Waals surface area contributed by atoms with E-state index in [1.807, 2.05) is 36.9 Å². The smallest absolute Gasteiger partial charge is 0.259 e. The number of benzene rings is 2. The molecule has 1 amide bonds. The number of hydrogen-bond acceptors (Lipinski definition) is 3. The molecule has 6 heteroatoms. The number of carbonyl (C=O) groups is 1. The van der Waals surface area contributed by atoms with Gasteiger partial charge in [0.2, 0.25) is 0 Å². The Morgan fingerprint density at radius 2 is 1.89 bits per heavy atom. The molecule has 27 heavy (non-hydrogen) atoms. The highest BCUT2D eigenvalue weighted by Crippen LogP contribution is 2.20. The summed E-state index contributed by atoms with van der Waals surface area (Å²) in [5, 5.41) is 13.9. The van der Waals surface area contributed by atoms with Crippen LogP contribution in [-0.4, -0.2) is 25.5 Å². The second-order valence-electron chi connectivity index (χ2n) is 6.48. The molecule has 0 aliphatic rings. The van der Waals surface area contributed by atoms with Gasteiger partial charge in [-0.3, -0.25) is 14.2 Å². The highest BCUT2D eigenvalue weighted by molar-refractivity contribution is 6.04. The number of amides is 1. The van der Waals surface area contributed by atoms with Crippen molar-refractivity contribution in [3.8, 4) is 0 Å². The summed E-state index contributed by atoms with van der Waals surface area (Å²) in [5.41, 5.74) is 3.30. The predicted molar refractivity (Wildman–Crippen MR) is 106 cm³/mol. The Bertz CT molecular complexity index is 1100. The lowest BCUT2D eigenvalue weighted by molar-refractivity contribution is 0.102. The fraction of sp³-hybridized carbons (Fsp3) is 0.190. The van der Waals surface area contributed by atoms with Gasteiger partial charge in [-0.05, 0) is 30.2 Å². The lowest BCUT2D eigenvalue weighted by Crippen LogP contribution is -2.13. The molecular formula is C21H21N5O. The van der Waals surface area contributed by atoms with E-state index in [2.05, 4.69) is 45.8 Å². The van der Waals surface area contributed by atoms with Crippen LogP contribution in [0.25, 0.3) is 10.8 Å². The summed E-state index contributed by atoms with van der Waals surface area (Å²) in [4.78, 5) is 12.5. The summed E-state index contributed by atoms with van der Waals surface area (Å²) in [6.45, 7) is 5.28. The summed E-state index contributed by atoms with van der Waals surface area (Å²) < 4.78 is 3.64. The molecular weight excluding hydrogens is 338 g/mol. The van der Waals surface area contributed by atoms with Crippen molar-refractivity contribution in [1.29, 1.82) is 0 Å². The monoisotopic (exact) mass is 359 g/mol. The first-order valence-electron chi connectivity index (χ1n) is 8.98. The van der Waals surface area contributed by atoms with Crippen LogP contribution in [0.4, 0.5) is 5.69 Å². The van der Waals surface area contributed by atoms with Gasteiger partial charge in [0.05, 0.1) is 30.2 Å². The summed E-state index contributed by atoms with van der Waals surface area (Å²) in [6, 6.07) is 14.6. The molecule has 0 radical (unpaired) electrons. The zero-order chi connectivity index (χ0) is 18.8. The van der Waals surface area contributed by atoms with Crippen molar-refractivity contribution < 1.29 is 4.79 Å². The molecule has 0 saturated carbocycles. The molecule has 2 aromatic heterocycles. The third-order valence-corrected chi connectivity index (χ3v) is 4.75. The highest BCUT2D eigenvalue weighted by atomic mass is 16.1. The third kappa shape index (κ3) is 3.33. The lowest BCUT2D eigenvalue weighted by atomic mass is 10.0. The van der Waals surface area contributed by atoms with Gasteiger partial charge in [0.25, 0.3) is 5.91 Å². The normalized spacial score (nSPS) is 11.0. The zero-order valence-corrected chi connectivity index (χ0v) is 15.4. The maximum absolute atomic E-state index is 12.5. The fourth-order valence-corrected chi connectivity index (χ4v) is 3.31. The zero-order valence-electron chi connectivity index (χ0n) is 15.4. The van der Waals surface area contributed by atoms with E-state index in [-0.39, 0.29) is 5.91 Å². The largest absolute Gasteiger partial charge is 0.319 e. The Morgan fingerprint density at radius 3 is 2.70 bits per heavy atom. The Balaban J connectivity index is 1.51. The van der Waals surface area contributed by atoms with Gasteiger partial charge in [-0.25, -0.2) is 0 Å². The van der Waals surface area contributed by atoms with Crippen molar-refractivity contribution >= 4 is 22.4 Å². The van der Waals surface area contributed by atoms with Crippen molar-refractivity contribution in [2.24, 2.45) is 0 Å². The van der Waals surface area contributed by atoms with Gasteiger partial charge in [0, 0.05) is 18.4 Å². The van der Waals surface area contributed by atoms with Gasteiger partial charge in [0.15, 0.2) is 0 Å². The van der Waals surface area contributed by atoms with E-state index >= 15 is 0 Å². The number of hydrogen-bond donors (Lipinski definition) is 1. The molecule has 2 aromatic carbocycles. The molecule has 4 aromatic rings. The van der Waals surface area contributed by atoms with E-state index in [0.29, 0.717) is 17.8 Å². The Hall–Kier alpha value is -3.41. The van der Waals surface area contributed by atoms with Crippen molar-refractivity contribution in [2.45, 2.75) is 26.9 Å².